The van der Waals surface area contributed by atoms with Crippen molar-refractivity contribution in [2.24, 2.45) is 0 Å². The fraction of sp³-hybridized carbons (Fsp3) is 0. The van der Waals surface area contributed by atoms with Crippen LogP contribution in [0.4, 0.5) is 0 Å². The van der Waals surface area contributed by atoms with Gasteiger partial charge in [-0.15, -0.1) is 34.0 Å². The summed E-state index contributed by atoms with van der Waals surface area (Å²) in [5.41, 5.74) is 26.2. The molecule has 16 aromatic carbocycles. The van der Waals surface area contributed by atoms with Gasteiger partial charge < -0.3 is 4.42 Å². The minimum absolute atomic E-state index is 0.671. The van der Waals surface area contributed by atoms with E-state index in [9.17, 15) is 0 Å². The Balaban J connectivity index is 0.000000140. The van der Waals surface area contributed by atoms with Crippen LogP contribution >= 0.6 is 34.0 Å². The summed E-state index contributed by atoms with van der Waals surface area (Å²) in [6.45, 7) is 0. The molecule has 0 aliphatic carbocycles. The van der Waals surface area contributed by atoms with E-state index >= 15 is 0 Å². The van der Waals surface area contributed by atoms with E-state index in [2.05, 4.69) is 346 Å². The Morgan fingerprint density at radius 3 is 1.05 bits per heavy atom. The third kappa shape index (κ3) is 12.7. The first-order chi connectivity index (χ1) is 59.4. The molecule has 24 aromatic rings. The number of para-hydroxylation sites is 3. The summed E-state index contributed by atoms with van der Waals surface area (Å²) >= 11 is 5.48. The molecule has 7 nitrogen and oxygen atoms in total. The van der Waals surface area contributed by atoms with Gasteiger partial charge in [-0.1, -0.05) is 303 Å². The number of nitrogens with zero attached hydrogens (tertiary/aromatic N) is 6. The van der Waals surface area contributed by atoms with Crippen molar-refractivity contribution in [3.8, 4) is 135 Å². The molecule has 0 N–H and O–H groups in total. The van der Waals surface area contributed by atoms with Crippen molar-refractivity contribution in [3.05, 3.63) is 400 Å². The minimum atomic E-state index is 0.671. The number of furan rings is 1. The summed E-state index contributed by atoms with van der Waals surface area (Å²) in [6.07, 6.45) is 0. The van der Waals surface area contributed by atoms with E-state index in [1.54, 1.807) is 11.3 Å². The van der Waals surface area contributed by atoms with Gasteiger partial charge in [0.2, 0.25) is 0 Å². The first-order valence-corrected chi connectivity index (χ1v) is 42.6. The quantitative estimate of drug-likeness (QED) is 0.120. The third-order valence-corrected chi connectivity index (χ3v) is 26.5. The van der Waals surface area contributed by atoms with Gasteiger partial charge in [-0.2, -0.15) is 0 Å². The Bertz CT molecular complexity index is 8130. The van der Waals surface area contributed by atoms with Crippen LogP contribution in [0.5, 0.6) is 0 Å². The highest BCUT2D eigenvalue weighted by Crippen LogP contribution is 2.49. The zero-order valence-corrected chi connectivity index (χ0v) is 66.9. The number of hydrogen-bond donors (Lipinski definition) is 0. The highest BCUT2D eigenvalue weighted by molar-refractivity contribution is 7.27. The first kappa shape index (κ1) is 70.4. The van der Waals surface area contributed by atoms with Crippen molar-refractivity contribution in [1.29, 1.82) is 0 Å². The topological polar surface area (TPSA) is 90.5 Å². The second kappa shape index (κ2) is 29.6. The van der Waals surface area contributed by atoms with Gasteiger partial charge in [0.1, 0.15) is 11.2 Å². The predicted molar refractivity (Wildman–Crippen MR) is 506 cm³/mol. The molecule has 0 saturated heterocycles. The van der Waals surface area contributed by atoms with Crippen molar-refractivity contribution in [2.75, 3.05) is 0 Å². The highest BCUT2D eigenvalue weighted by Gasteiger charge is 2.24. The first-order valence-electron chi connectivity index (χ1n) is 40.2. The maximum Gasteiger partial charge on any atom is 0.160 e. The Morgan fingerprint density at radius 2 is 0.533 bits per heavy atom. The Labute approximate surface area is 702 Å². The maximum absolute atomic E-state index is 6.26. The van der Waals surface area contributed by atoms with E-state index in [1.807, 2.05) is 77.3 Å². The van der Waals surface area contributed by atoms with Gasteiger partial charge in [-0.3, -0.25) is 0 Å². The molecule has 8 heterocycles. The maximum atomic E-state index is 6.26. The number of thiophene rings is 3. The second-order valence-electron chi connectivity index (χ2n) is 30.3. The normalized spacial score (nSPS) is 11.7. The van der Waals surface area contributed by atoms with Crippen LogP contribution < -0.4 is 0 Å². The van der Waals surface area contributed by atoms with Crippen molar-refractivity contribution in [3.63, 3.8) is 0 Å². The molecule has 0 fully saturated rings. The molecular formula is C110H66N6OS3. The van der Waals surface area contributed by atoms with E-state index in [-0.39, 0.29) is 0 Å². The summed E-state index contributed by atoms with van der Waals surface area (Å²) in [5.74, 6) is 1.36. The van der Waals surface area contributed by atoms with Gasteiger partial charge in [0, 0.05) is 117 Å². The largest absolute Gasteiger partial charge is 0.456 e. The molecule has 0 saturated carbocycles. The lowest BCUT2D eigenvalue weighted by molar-refractivity contribution is 0.669. The lowest BCUT2D eigenvalue weighted by atomic mass is 9.94. The van der Waals surface area contributed by atoms with E-state index in [0.29, 0.717) is 11.6 Å². The molecule has 0 amide bonds. The van der Waals surface area contributed by atoms with Crippen LogP contribution in [-0.2, 0) is 0 Å². The monoisotopic (exact) mass is 1580 g/mol. The van der Waals surface area contributed by atoms with E-state index < -0.39 is 0 Å². The number of hydrogen-bond acceptors (Lipinski definition) is 10. The molecule has 0 aliphatic heterocycles. The SMILES string of the molecule is c1ccc(-c2ccc(-c3cc(-c4cc(-c5ccc6oc7ccccc7c6c5)cc(-c5nc6ccccc6c6c5sc5ccccc56)c4)nc(-c4ccccc4)n3)cc2)cc1.c1ccc(-c2ccc(-c3cc(-c4cc(-c5cccc6c5sc5ccccc56)cc(-c5nc6ccccc6c6c5sc5ccccc56)c4)nc(-c4ccccc4)n3)cc2)cc1. The fourth-order valence-electron chi connectivity index (χ4n) is 17.1. The molecule has 8 aromatic heterocycles. The summed E-state index contributed by atoms with van der Waals surface area (Å²) in [5, 5.41) is 12.1. The average molecular weight is 1580 g/mol. The van der Waals surface area contributed by atoms with E-state index in [4.69, 9.17) is 34.3 Å². The van der Waals surface area contributed by atoms with Gasteiger partial charge in [0.05, 0.1) is 54.6 Å². The lowest BCUT2D eigenvalue weighted by Gasteiger charge is -2.14. The summed E-state index contributed by atoms with van der Waals surface area (Å²) in [4.78, 5) is 32.0. The van der Waals surface area contributed by atoms with Gasteiger partial charge in [-0.25, -0.2) is 29.9 Å². The molecule has 0 aliphatic rings. The number of rotatable bonds is 12. The van der Waals surface area contributed by atoms with Gasteiger partial charge >= 0.3 is 0 Å². The third-order valence-electron chi connectivity index (χ3n) is 23.0. The Kier molecular flexibility index (Phi) is 17.4. The van der Waals surface area contributed by atoms with Crippen LogP contribution in [0.15, 0.2) is 405 Å². The minimum Gasteiger partial charge on any atom is -0.456 e. The van der Waals surface area contributed by atoms with Crippen LogP contribution in [0, 0.1) is 0 Å². The van der Waals surface area contributed by atoms with Gasteiger partial charge in [0.15, 0.2) is 11.6 Å². The zero-order valence-electron chi connectivity index (χ0n) is 64.4. The van der Waals surface area contributed by atoms with Crippen LogP contribution in [0.25, 0.3) is 239 Å². The van der Waals surface area contributed by atoms with Crippen molar-refractivity contribution in [2.45, 2.75) is 0 Å². The Hall–Kier alpha value is -15.0. The second-order valence-corrected chi connectivity index (χ2v) is 33.4. The molecule has 24 rings (SSSR count). The zero-order chi connectivity index (χ0) is 79.1. The molecule has 0 bridgehead atoms. The predicted octanol–water partition coefficient (Wildman–Crippen LogP) is 31.1. The molecule has 0 spiro atoms. The van der Waals surface area contributed by atoms with Crippen LogP contribution in [0.1, 0.15) is 0 Å². The van der Waals surface area contributed by atoms with Gasteiger partial charge in [-0.05, 0) is 142 Å². The number of pyridine rings is 2. The molecular weight excluding hydrogens is 1520 g/mol. The van der Waals surface area contributed by atoms with E-state index in [0.717, 1.165) is 139 Å². The molecule has 10 heteroatoms. The van der Waals surface area contributed by atoms with Crippen LogP contribution in [0.2, 0.25) is 0 Å². The summed E-state index contributed by atoms with van der Waals surface area (Å²) in [7, 11) is 0. The number of aromatic nitrogens is 6. The highest BCUT2D eigenvalue weighted by atomic mass is 32.1. The van der Waals surface area contributed by atoms with Crippen LogP contribution in [-0.4, -0.2) is 29.9 Å². The average Bonchev–Trinajstić information content (AvgIpc) is 1.54. The standard InChI is InChI=1S/C55H33N3OS.C55H33N3S2/c1-3-13-34(14-4-1)35-23-25-36(26-24-35)47-33-48(58-55(57-47)37-15-5-2-6-16-37)40-29-39(38-27-28-50-45(32-38)42-17-8-11-21-49(42)59-50)30-41(31-40)53-54-52(43-18-7-10-20-46(43)56-53)44-19-9-12-22-51(44)60-54;1-3-14-34(15-4-1)35-26-28-36(29-27-35)47-33-48(58-55(57-47)37-16-5-2-6-17-37)39-30-38(41-21-13-22-43-42-18-8-11-24-49(42)59-53(41)43)31-40(32-39)52-54-51(44-19-7-10-23-46(44)56-52)45-20-9-12-25-50(45)60-54/h2*1-33H. The summed E-state index contributed by atoms with van der Waals surface area (Å²) < 4.78 is 13.7. The molecule has 0 radical (unpaired) electrons. The van der Waals surface area contributed by atoms with Crippen molar-refractivity contribution in [1.82, 2.24) is 29.9 Å². The van der Waals surface area contributed by atoms with Crippen molar-refractivity contribution < 1.29 is 4.42 Å². The number of benzene rings is 16. The number of fused-ring (bicyclic) bond motifs is 16. The molecule has 120 heavy (non-hydrogen) atoms. The van der Waals surface area contributed by atoms with Gasteiger partial charge in [0.25, 0.3) is 0 Å². The van der Waals surface area contributed by atoms with Crippen molar-refractivity contribution >= 4 is 138 Å². The van der Waals surface area contributed by atoms with E-state index in [1.165, 1.54) is 88.2 Å². The molecule has 0 unspecified atom stereocenters. The molecule has 560 valence electrons. The molecule has 0 atom stereocenters. The lowest BCUT2D eigenvalue weighted by Crippen LogP contribution is -1.97. The Morgan fingerprint density at radius 1 is 0.183 bits per heavy atom. The fourth-order valence-corrected chi connectivity index (χ4v) is 20.8. The smallest absolute Gasteiger partial charge is 0.160 e. The van der Waals surface area contributed by atoms with Crippen LogP contribution in [0.3, 0.4) is 0 Å². The summed E-state index contributed by atoms with van der Waals surface area (Å²) in [6, 6.07) is 142.